The largest absolute Gasteiger partial charge is 0.382 e. The summed E-state index contributed by atoms with van der Waals surface area (Å²) in [5, 5.41) is 3.50. The summed E-state index contributed by atoms with van der Waals surface area (Å²) in [6.07, 6.45) is 2.27. The summed E-state index contributed by atoms with van der Waals surface area (Å²) in [4.78, 5) is 11.0. The molecule has 0 bridgehead atoms. The van der Waals surface area contributed by atoms with E-state index >= 15 is 0 Å². The number of hydrogen-bond donors (Lipinski definition) is 2. The molecule has 0 unspecified atom stereocenters. The molecule has 0 atom stereocenters. The molecule has 108 valence electrons. The average molecular weight is 345 g/mol. The topological polar surface area (TPSA) is 55.1 Å². The van der Waals surface area contributed by atoms with Gasteiger partial charge in [0.25, 0.3) is 0 Å². The molecular formula is C17H17BrN2O. The van der Waals surface area contributed by atoms with Crippen LogP contribution in [-0.2, 0) is 0 Å². The van der Waals surface area contributed by atoms with Gasteiger partial charge in [-0.1, -0.05) is 28.1 Å². The van der Waals surface area contributed by atoms with E-state index in [0.29, 0.717) is 17.5 Å². The van der Waals surface area contributed by atoms with Gasteiger partial charge in [0.05, 0.1) is 0 Å². The fourth-order valence-corrected chi connectivity index (χ4v) is 3.15. The second-order valence-electron chi connectivity index (χ2n) is 5.51. The number of rotatable bonds is 4. The number of nitrogens with one attached hydrogen (secondary N) is 1. The molecule has 1 amide bonds. The van der Waals surface area contributed by atoms with Crippen molar-refractivity contribution >= 4 is 27.5 Å². The molecule has 21 heavy (non-hydrogen) atoms. The van der Waals surface area contributed by atoms with E-state index in [1.807, 2.05) is 12.1 Å². The van der Waals surface area contributed by atoms with E-state index in [1.165, 1.54) is 5.56 Å². The van der Waals surface area contributed by atoms with Gasteiger partial charge in [0.15, 0.2) is 0 Å². The third kappa shape index (κ3) is 3.27. The summed E-state index contributed by atoms with van der Waals surface area (Å²) in [5.41, 5.74) is 8.21. The van der Waals surface area contributed by atoms with Crippen molar-refractivity contribution in [2.75, 3.05) is 5.32 Å². The zero-order valence-corrected chi connectivity index (χ0v) is 13.1. The molecule has 1 aliphatic rings. The zero-order chi connectivity index (χ0) is 14.8. The summed E-state index contributed by atoms with van der Waals surface area (Å²) < 4.78 is 1.14. The molecule has 0 aromatic heterocycles. The van der Waals surface area contributed by atoms with Crippen molar-refractivity contribution in [2.45, 2.75) is 24.8 Å². The first-order valence-electron chi connectivity index (χ1n) is 7.03. The molecule has 4 heteroatoms. The molecule has 0 spiro atoms. The Morgan fingerprint density at radius 2 is 1.86 bits per heavy atom. The number of halogens is 1. The van der Waals surface area contributed by atoms with E-state index in [2.05, 4.69) is 45.5 Å². The van der Waals surface area contributed by atoms with Crippen molar-refractivity contribution in [1.82, 2.24) is 0 Å². The SMILES string of the molecule is NC(=O)c1ccc(NC2CC(c3cccc(Br)c3)C2)cc1. The molecule has 3 nitrogen and oxygen atoms in total. The van der Waals surface area contributed by atoms with Crippen LogP contribution >= 0.6 is 15.9 Å². The minimum Gasteiger partial charge on any atom is -0.382 e. The Balaban J connectivity index is 1.56. The number of carbonyl (C=O) groups is 1. The van der Waals surface area contributed by atoms with Crippen molar-refractivity contribution in [2.24, 2.45) is 5.73 Å². The van der Waals surface area contributed by atoms with Crippen molar-refractivity contribution in [1.29, 1.82) is 0 Å². The van der Waals surface area contributed by atoms with Gasteiger partial charge in [-0.2, -0.15) is 0 Å². The van der Waals surface area contributed by atoms with Crippen LogP contribution in [0.15, 0.2) is 53.0 Å². The lowest BCUT2D eigenvalue weighted by Gasteiger charge is -2.37. The molecule has 1 saturated carbocycles. The lowest BCUT2D eigenvalue weighted by molar-refractivity contribution is 0.100. The summed E-state index contributed by atoms with van der Waals surface area (Å²) in [5.74, 6) is 0.241. The van der Waals surface area contributed by atoms with Gasteiger partial charge in [0, 0.05) is 21.8 Å². The maximum absolute atomic E-state index is 11.0. The van der Waals surface area contributed by atoms with Crippen molar-refractivity contribution in [3.8, 4) is 0 Å². The fourth-order valence-electron chi connectivity index (χ4n) is 2.73. The van der Waals surface area contributed by atoms with Gasteiger partial charge >= 0.3 is 0 Å². The van der Waals surface area contributed by atoms with Crippen LogP contribution in [0.4, 0.5) is 5.69 Å². The highest BCUT2D eigenvalue weighted by Gasteiger charge is 2.30. The molecule has 0 aliphatic heterocycles. The highest BCUT2D eigenvalue weighted by molar-refractivity contribution is 9.10. The Morgan fingerprint density at radius 3 is 2.48 bits per heavy atom. The first-order valence-corrected chi connectivity index (χ1v) is 7.83. The Kier molecular flexibility index (Phi) is 3.97. The van der Waals surface area contributed by atoms with E-state index in [1.54, 1.807) is 12.1 Å². The average Bonchev–Trinajstić information content (AvgIpc) is 2.43. The van der Waals surface area contributed by atoms with Crippen LogP contribution in [0, 0.1) is 0 Å². The summed E-state index contributed by atoms with van der Waals surface area (Å²) >= 11 is 3.52. The minimum absolute atomic E-state index is 0.389. The Hall–Kier alpha value is -1.81. The van der Waals surface area contributed by atoms with E-state index < -0.39 is 0 Å². The van der Waals surface area contributed by atoms with E-state index in [-0.39, 0.29) is 5.91 Å². The standard InChI is InChI=1S/C17H17BrN2O/c18-14-3-1-2-12(8-14)13-9-16(10-13)20-15-6-4-11(5-7-15)17(19)21/h1-8,13,16,20H,9-10H2,(H2,19,21). The number of amides is 1. The second kappa shape index (κ2) is 5.90. The fraction of sp³-hybridized carbons (Fsp3) is 0.235. The quantitative estimate of drug-likeness (QED) is 0.883. The molecule has 1 fully saturated rings. The van der Waals surface area contributed by atoms with Gasteiger partial charge < -0.3 is 11.1 Å². The Morgan fingerprint density at radius 1 is 1.14 bits per heavy atom. The van der Waals surface area contributed by atoms with Gasteiger partial charge in [0.2, 0.25) is 5.91 Å². The van der Waals surface area contributed by atoms with Crippen LogP contribution in [0.5, 0.6) is 0 Å². The number of primary amides is 1. The molecule has 3 rings (SSSR count). The van der Waals surface area contributed by atoms with Crippen LogP contribution in [0.2, 0.25) is 0 Å². The van der Waals surface area contributed by atoms with Gasteiger partial charge in [-0.25, -0.2) is 0 Å². The summed E-state index contributed by atoms with van der Waals surface area (Å²) in [6, 6.07) is 16.4. The maximum Gasteiger partial charge on any atom is 0.248 e. The van der Waals surface area contributed by atoms with E-state index in [4.69, 9.17) is 5.73 Å². The number of carbonyl (C=O) groups excluding carboxylic acids is 1. The molecule has 0 saturated heterocycles. The normalized spacial score (nSPS) is 20.6. The van der Waals surface area contributed by atoms with Gasteiger partial charge in [0.1, 0.15) is 0 Å². The molecule has 3 N–H and O–H groups in total. The first kappa shape index (κ1) is 14.1. The predicted octanol–water partition coefficient (Wildman–Crippen LogP) is 3.91. The number of benzene rings is 2. The lowest BCUT2D eigenvalue weighted by atomic mass is 9.76. The zero-order valence-electron chi connectivity index (χ0n) is 11.6. The summed E-state index contributed by atoms with van der Waals surface area (Å²) in [7, 11) is 0. The first-order chi connectivity index (χ1) is 10.1. The number of anilines is 1. The lowest BCUT2D eigenvalue weighted by Crippen LogP contribution is -2.34. The third-order valence-corrected chi connectivity index (χ3v) is 4.49. The van der Waals surface area contributed by atoms with Crippen molar-refractivity contribution < 1.29 is 4.79 Å². The molecular weight excluding hydrogens is 328 g/mol. The molecule has 0 heterocycles. The number of nitrogens with two attached hydrogens (primary N) is 1. The number of hydrogen-bond acceptors (Lipinski definition) is 2. The third-order valence-electron chi connectivity index (χ3n) is 4.00. The Labute approximate surface area is 132 Å². The predicted molar refractivity (Wildman–Crippen MR) is 88.5 cm³/mol. The second-order valence-corrected chi connectivity index (χ2v) is 6.42. The molecule has 1 aliphatic carbocycles. The monoisotopic (exact) mass is 344 g/mol. The molecule has 2 aromatic rings. The van der Waals surface area contributed by atoms with Gasteiger partial charge in [-0.3, -0.25) is 4.79 Å². The van der Waals surface area contributed by atoms with Crippen LogP contribution in [0.25, 0.3) is 0 Å². The van der Waals surface area contributed by atoms with Crippen molar-refractivity contribution in [3.05, 3.63) is 64.1 Å². The van der Waals surface area contributed by atoms with Gasteiger partial charge in [-0.05, 0) is 60.7 Å². The van der Waals surface area contributed by atoms with Crippen LogP contribution in [0.1, 0.15) is 34.7 Å². The van der Waals surface area contributed by atoms with Crippen molar-refractivity contribution in [3.63, 3.8) is 0 Å². The van der Waals surface area contributed by atoms with E-state index in [9.17, 15) is 4.79 Å². The molecule has 0 radical (unpaired) electrons. The summed E-state index contributed by atoms with van der Waals surface area (Å²) in [6.45, 7) is 0. The smallest absolute Gasteiger partial charge is 0.248 e. The highest BCUT2D eigenvalue weighted by Crippen LogP contribution is 2.39. The van der Waals surface area contributed by atoms with Crippen LogP contribution in [-0.4, -0.2) is 11.9 Å². The van der Waals surface area contributed by atoms with Crippen LogP contribution < -0.4 is 11.1 Å². The molecule has 2 aromatic carbocycles. The van der Waals surface area contributed by atoms with E-state index in [0.717, 1.165) is 23.0 Å². The minimum atomic E-state index is -0.389. The maximum atomic E-state index is 11.0. The highest BCUT2D eigenvalue weighted by atomic mass is 79.9. The Bertz CT molecular complexity index is 648. The van der Waals surface area contributed by atoms with Crippen LogP contribution in [0.3, 0.4) is 0 Å². The van der Waals surface area contributed by atoms with Gasteiger partial charge in [-0.15, -0.1) is 0 Å².